The second-order valence-electron chi connectivity index (χ2n) is 6.83. The molecule has 162 valence electrons. The standard InChI is InChI=1S/C22H20BrNO7/c1-12-16(13(2)31-24-12)10-27-18-5-4-14(6-19(18)26-3)22(25)28-9-15-7-20-21(8-17(15)23)30-11-29-20/h4-8H,9-11H2,1-3H3. The molecule has 0 amide bonds. The maximum atomic E-state index is 12.6. The van der Waals surface area contributed by atoms with Crippen molar-refractivity contribution >= 4 is 21.9 Å². The number of esters is 1. The first-order chi connectivity index (χ1) is 15.0. The Kier molecular flexibility index (Phi) is 6.03. The second-order valence-corrected chi connectivity index (χ2v) is 7.68. The number of halogens is 1. The van der Waals surface area contributed by atoms with E-state index in [0.717, 1.165) is 21.3 Å². The number of carbonyl (C=O) groups is 1. The second kappa shape index (κ2) is 8.89. The molecule has 1 aromatic heterocycles. The number of rotatable bonds is 7. The van der Waals surface area contributed by atoms with Gasteiger partial charge in [0, 0.05) is 10.0 Å². The molecule has 0 radical (unpaired) electrons. The number of aryl methyl sites for hydroxylation is 2. The van der Waals surface area contributed by atoms with E-state index in [4.69, 9.17) is 28.2 Å². The van der Waals surface area contributed by atoms with Gasteiger partial charge < -0.3 is 28.2 Å². The van der Waals surface area contributed by atoms with Crippen molar-refractivity contribution < 1.29 is 33.0 Å². The lowest BCUT2D eigenvalue weighted by Crippen LogP contribution is -2.07. The Morgan fingerprint density at radius 3 is 2.58 bits per heavy atom. The van der Waals surface area contributed by atoms with Gasteiger partial charge in [-0.05, 0) is 44.2 Å². The largest absolute Gasteiger partial charge is 0.493 e. The number of fused-ring (bicyclic) bond motifs is 1. The maximum absolute atomic E-state index is 12.6. The normalized spacial score (nSPS) is 12.0. The Hall–Kier alpha value is -3.20. The highest BCUT2D eigenvalue weighted by atomic mass is 79.9. The number of aromatic nitrogens is 1. The van der Waals surface area contributed by atoms with Crippen molar-refractivity contribution in [2.45, 2.75) is 27.1 Å². The number of nitrogens with zero attached hydrogens (tertiary/aromatic N) is 1. The zero-order valence-corrected chi connectivity index (χ0v) is 18.8. The monoisotopic (exact) mass is 489 g/mol. The lowest BCUT2D eigenvalue weighted by atomic mass is 10.2. The van der Waals surface area contributed by atoms with E-state index in [0.29, 0.717) is 34.3 Å². The summed E-state index contributed by atoms with van der Waals surface area (Å²) in [6, 6.07) is 8.46. The maximum Gasteiger partial charge on any atom is 0.338 e. The summed E-state index contributed by atoms with van der Waals surface area (Å²) in [7, 11) is 1.51. The van der Waals surface area contributed by atoms with Crippen molar-refractivity contribution in [2.75, 3.05) is 13.9 Å². The van der Waals surface area contributed by atoms with Gasteiger partial charge in [0.15, 0.2) is 23.0 Å². The summed E-state index contributed by atoms with van der Waals surface area (Å²) in [4.78, 5) is 12.6. The third-order valence-corrected chi connectivity index (χ3v) is 5.59. The predicted molar refractivity (Wildman–Crippen MR) is 113 cm³/mol. The fourth-order valence-electron chi connectivity index (χ4n) is 3.07. The molecule has 0 spiro atoms. The van der Waals surface area contributed by atoms with E-state index < -0.39 is 5.97 Å². The molecular weight excluding hydrogens is 470 g/mol. The van der Waals surface area contributed by atoms with Crippen LogP contribution < -0.4 is 18.9 Å². The van der Waals surface area contributed by atoms with Crippen LogP contribution in [0.2, 0.25) is 0 Å². The van der Waals surface area contributed by atoms with Gasteiger partial charge in [-0.25, -0.2) is 4.79 Å². The van der Waals surface area contributed by atoms with Crippen molar-refractivity contribution in [3.63, 3.8) is 0 Å². The zero-order chi connectivity index (χ0) is 22.0. The summed E-state index contributed by atoms with van der Waals surface area (Å²) >= 11 is 3.46. The molecule has 4 rings (SSSR count). The van der Waals surface area contributed by atoms with Crippen LogP contribution in [0.1, 0.15) is 32.9 Å². The van der Waals surface area contributed by atoms with Crippen LogP contribution in [0, 0.1) is 13.8 Å². The average Bonchev–Trinajstić information content (AvgIpc) is 3.35. The van der Waals surface area contributed by atoms with E-state index in [2.05, 4.69) is 21.1 Å². The summed E-state index contributed by atoms with van der Waals surface area (Å²) in [6.45, 7) is 4.20. The predicted octanol–water partition coefficient (Wildman–Crippen LogP) is 4.73. The molecule has 8 nitrogen and oxygen atoms in total. The van der Waals surface area contributed by atoms with Crippen molar-refractivity contribution in [1.82, 2.24) is 5.16 Å². The molecule has 0 aliphatic carbocycles. The minimum Gasteiger partial charge on any atom is -0.493 e. The van der Waals surface area contributed by atoms with E-state index in [1.807, 2.05) is 13.8 Å². The summed E-state index contributed by atoms with van der Waals surface area (Å²) in [5.74, 6) is 2.41. The van der Waals surface area contributed by atoms with Gasteiger partial charge >= 0.3 is 5.97 Å². The molecule has 2 aromatic carbocycles. The van der Waals surface area contributed by atoms with Crippen LogP contribution in [0.15, 0.2) is 39.3 Å². The Labute approximate surface area is 187 Å². The molecule has 2 heterocycles. The van der Waals surface area contributed by atoms with Gasteiger partial charge in [-0.1, -0.05) is 21.1 Å². The summed E-state index contributed by atoms with van der Waals surface area (Å²) in [5, 5.41) is 3.91. The van der Waals surface area contributed by atoms with Gasteiger partial charge in [0.25, 0.3) is 0 Å². The van der Waals surface area contributed by atoms with Crippen molar-refractivity contribution in [3.05, 3.63) is 62.9 Å². The Morgan fingerprint density at radius 2 is 1.87 bits per heavy atom. The lowest BCUT2D eigenvalue weighted by molar-refractivity contribution is 0.0471. The first-order valence-corrected chi connectivity index (χ1v) is 10.2. The van der Waals surface area contributed by atoms with Gasteiger partial charge in [0.2, 0.25) is 6.79 Å². The van der Waals surface area contributed by atoms with Gasteiger partial charge in [0.05, 0.1) is 23.9 Å². The Morgan fingerprint density at radius 1 is 1.10 bits per heavy atom. The molecule has 0 N–H and O–H groups in total. The molecule has 0 bridgehead atoms. The number of hydrogen-bond acceptors (Lipinski definition) is 8. The molecule has 9 heteroatoms. The van der Waals surface area contributed by atoms with Crippen LogP contribution in [-0.2, 0) is 18.0 Å². The topological polar surface area (TPSA) is 89.3 Å². The van der Waals surface area contributed by atoms with Gasteiger partial charge in [-0.15, -0.1) is 0 Å². The molecule has 1 aliphatic rings. The van der Waals surface area contributed by atoms with Crippen molar-refractivity contribution in [1.29, 1.82) is 0 Å². The number of ether oxygens (including phenoxy) is 5. The van der Waals surface area contributed by atoms with Gasteiger partial charge in [-0.3, -0.25) is 0 Å². The average molecular weight is 490 g/mol. The lowest BCUT2D eigenvalue weighted by Gasteiger charge is -2.12. The summed E-state index contributed by atoms with van der Waals surface area (Å²) < 4.78 is 33.3. The van der Waals surface area contributed by atoms with E-state index in [9.17, 15) is 4.79 Å². The first-order valence-electron chi connectivity index (χ1n) is 9.44. The minimum atomic E-state index is -0.486. The van der Waals surface area contributed by atoms with Crippen LogP contribution >= 0.6 is 15.9 Å². The quantitative estimate of drug-likeness (QED) is 0.440. The fourth-order valence-corrected chi connectivity index (χ4v) is 3.51. The molecule has 0 saturated heterocycles. The molecule has 0 saturated carbocycles. The molecule has 0 unspecified atom stereocenters. The van der Waals surface area contributed by atoms with Gasteiger partial charge in [0.1, 0.15) is 19.0 Å². The third kappa shape index (κ3) is 4.46. The van der Waals surface area contributed by atoms with Crippen LogP contribution in [0.4, 0.5) is 0 Å². The smallest absolute Gasteiger partial charge is 0.338 e. The van der Waals surface area contributed by atoms with E-state index >= 15 is 0 Å². The Bertz CT molecular complexity index is 1110. The van der Waals surface area contributed by atoms with E-state index in [1.54, 1.807) is 30.3 Å². The van der Waals surface area contributed by atoms with Crippen molar-refractivity contribution in [3.8, 4) is 23.0 Å². The van der Waals surface area contributed by atoms with Crippen LogP contribution in [-0.4, -0.2) is 25.0 Å². The molecule has 1 aliphatic heterocycles. The van der Waals surface area contributed by atoms with Crippen LogP contribution in [0.3, 0.4) is 0 Å². The SMILES string of the molecule is COc1cc(C(=O)OCc2cc3c(cc2Br)OCO3)ccc1OCc1c(C)noc1C. The minimum absolute atomic E-state index is 0.0721. The molecular formula is C22H20BrNO7. The number of benzene rings is 2. The van der Waals surface area contributed by atoms with Gasteiger partial charge in [-0.2, -0.15) is 0 Å². The molecule has 0 atom stereocenters. The highest BCUT2D eigenvalue weighted by Gasteiger charge is 2.18. The highest BCUT2D eigenvalue weighted by molar-refractivity contribution is 9.10. The highest BCUT2D eigenvalue weighted by Crippen LogP contribution is 2.37. The third-order valence-electron chi connectivity index (χ3n) is 4.85. The van der Waals surface area contributed by atoms with Crippen LogP contribution in [0.5, 0.6) is 23.0 Å². The van der Waals surface area contributed by atoms with Crippen molar-refractivity contribution in [2.24, 2.45) is 0 Å². The fraction of sp³-hybridized carbons (Fsp3) is 0.273. The summed E-state index contributed by atoms with van der Waals surface area (Å²) in [5.41, 5.74) is 2.76. The molecule has 3 aromatic rings. The first kappa shape index (κ1) is 21.0. The zero-order valence-electron chi connectivity index (χ0n) is 17.2. The number of hydrogen-bond donors (Lipinski definition) is 0. The Balaban J connectivity index is 1.43. The number of carbonyl (C=O) groups excluding carboxylic acids is 1. The summed E-state index contributed by atoms with van der Waals surface area (Å²) in [6.07, 6.45) is 0. The van der Waals surface area contributed by atoms with E-state index in [-0.39, 0.29) is 20.0 Å². The van der Waals surface area contributed by atoms with Crippen LogP contribution in [0.25, 0.3) is 0 Å². The number of methoxy groups -OCH3 is 1. The van der Waals surface area contributed by atoms with E-state index in [1.165, 1.54) is 7.11 Å². The molecule has 31 heavy (non-hydrogen) atoms. The molecule has 0 fully saturated rings.